The molecule has 2 aromatic carbocycles. The van der Waals surface area contributed by atoms with Crippen LogP contribution in [0.25, 0.3) is 16.7 Å². The normalized spacial score (nSPS) is 24.7. The Balaban J connectivity index is 1.83. The lowest BCUT2D eigenvalue weighted by Gasteiger charge is -2.43. The highest BCUT2D eigenvalue weighted by atomic mass is 14.5. The van der Waals surface area contributed by atoms with Crippen molar-refractivity contribution in [2.24, 2.45) is 5.41 Å². The van der Waals surface area contributed by atoms with Crippen LogP contribution < -0.4 is 0 Å². The molecule has 0 saturated heterocycles. The summed E-state index contributed by atoms with van der Waals surface area (Å²) in [6, 6.07) is 17.8. The standard InChI is InChI=1S/C24H16/c1-3-10-18-16(8-1)20-12-7-15-24-14-6-5-13-21(24)17-9-2-4-11-19(17)22(18)23(20)24/h1-13,15H,14H2. The number of benzene rings is 2. The second kappa shape index (κ2) is 4.15. The summed E-state index contributed by atoms with van der Waals surface area (Å²) in [5.41, 5.74) is 11.4. The molecule has 0 heteroatoms. The molecular weight excluding hydrogens is 288 g/mol. The molecule has 6 rings (SSSR count). The Morgan fingerprint density at radius 2 is 1.42 bits per heavy atom. The van der Waals surface area contributed by atoms with Crippen LogP contribution in [-0.2, 0) is 0 Å². The molecule has 0 heterocycles. The smallest absolute Gasteiger partial charge is 0.0438 e. The maximum absolute atomic E-state index is 2.42. The third kappa shape index (κ3) is 1.28. The Bertz CT molecular complexity index is 1070. The van der Waals surface area contributed by atoms with E-state index < -0.39 is 0 Å². The lowest BCUT2D eigenvalue weighted by atomic mass is 9.59. The Morgan fingerprint density at radius 1 is 0.708 bits per heavy atom. The molecule has 0 saturated carbocycles. The summed E-state index contributed by atoms with van der Waals surface area (Å²) in [6.07, 6.45) is 14.9. The minimum absolute atomic E-state index is 0.00153. The highest BCUT2D eigenvalue weighted by Gasteiger charge is 2.48. The van der Waals surface area contributed by atoms with Gasteiger partial charge in [0.25, 0.3) is 0 Å². The van der Waals surface area contributed by atoms with E-state index in [1.165, 1.54) is 44.5 Å². The van der Waals surface area contributed by atoms with Gasteiger partial charge in [0.05, 0.1) is 0 Å². The first-order valence-electron chi connectivity index (χ1n) is 8.62. The zero-order valence-corrected chi connectivity index (χ0v) is 13.3. The minimum atomic E-state index is 0.00153. The topological polar surface area (TPSA) is 0 Å². The molecule has 4 aliphatic rings. The van der Waals surface area contributed by atoms with Gasteiger partial charge in [0, 0.05) is 5.41 Å². The quantitative estimate of drug-likeness (QED) is 0.577. The summed E-state index contributed by atoms with van der Waals surface area (Å²) >= 11 is 0. The molecule has 0 bridgehead atoms. The van der Waals surface area contributed by atoms with Crippen molar-refractivity contribution in [3.05, 3.63) is 113 Å². The summed E-state index contributed by atoms with van der Waals surface area (Å²) < 4.78 is 0. The van der Waals surface area contributed by atoms with Crippen molar-refractivity contribution in [3.63, 3.8) is 0 Å². The fourth-order valence-electron chi connectivity index (χ4n) is 4.99. The van der Waals surface area contributed by atoms with E-state index in [9.17, 15) is 0 Å². The van der Waals surface area contributed by atoms with Crippen LogP contribution in [-0.4, -0.2) is 0 Å². The number of rotatable bonds is 0. The fourth-order valence-corrected chi connectivity index (χ4v) is 4.99. The maximum atomic E-state index is 2.42. The van der Waals surface area contributed by atoms with Crippen LogP contribution in [0.1, 0.15) is 28.7 Å². The molecule has 1 atom stereocenters. The number of fused-ring (bicyclic) bond motifs is 6. The van der Waals surface area contributed by atoms with Crippen molar-refractivity contribution in [1.82, 2.24) is 0 Å². The molecule has 0 radical (unpaired) electrons. The number of hydrogen-bond donors (Lipinski definition) is 0. The average Bonchev–Trinajstić information content (AvgIpc) is 2.99. The lowest BCUT2D eigenvalue weighted by Crippen LogP contribution is -2.29. The fraction of sp³-hybridized carbons (Fsp3) is 0.0833. The summed E-state index contributed by atoms with van der Waals surface area (Å²) in [5.74, 6) is 0. The van der Waals surface area contributed by atoms with Gasteiger partial charge in [0.2, 0.25) is 0 Å². The second-order valence-electron chi connectivity index (χ2n) is 6.96. The zero-order chi connectivity index (χ0) is 15.7. The molecule has 2 aromatic rings. The molecular formula is C24H16. The second-order valence-corrected chi connectivity index (χ2v) is 6.96. The van der Waals surface area contributed by atoms with Crippen molar-refractivity contribution in [2.45, 2.75) is 6.42 Å². The molecule has 24 heavy (non-hydrogen) atoms. The first-order chi connectivity index (χ1) is 11.9. The van der Waals surface area contributed by atoms with Crippen LogP contribution in [0.3, 0.4) is 0 Å². The van der Waals surface area contributed by atoms with Gasteiger partial charge in [-0.1, -0.05) is 85.0 Å². The van der Waals surface area contributed by atoms with E-state index in [0.29, 0.717) is 0 Å². The molecule has 0 amide bonds. The van der Waals surface area contributed by atoms with Crippen LogP contribution in [0.5, 0.6) is 0 Å². The van der Waals surface area contributed by atoms with Crippen molar-refractivity contribution in [2.75, 3.05) is 0 Å². The van der Waals surface area contributed by atoms with E-state index in [1.54, 1.807) is 0 Å². The highest BCUT2D eigenvalue weighted by molar-refractivity contribution is 6.13. The first kappa shape index (κ1) is 12.5. The van der Waals surface area contributed by atoms with Gasteiger partial charge in [-0.05, 0) is 51.0 Å². The molecule has 4 aliphatic carbocycles. The van der Waals surface area contributed by atoms with Crippen molar-refractivity contribution < 1.29 is 0 Å². The van der Waals surface area contributed by atoms with Crippen LogP contribution in [0, 0.1) is 5.41 Å². The Hall–Kier alpha value is -2.86. The van der Waals surface area contributed by atoms with Crippen LogP contribution in [0.15, 0.2) is 90.6 Å². The molecule has 1 spiro atoms. The zero-order valence-electron chi connectivity index (χ0n) is 13.3. The SMILES string of the molecule is C1=CCC23C=CC=C4C2=C(c2ccccc24)c2ccccc2C3=C1. The summed E-state index contributed by atoms with van der Waals surface area (Å²) in [7, 11) is 0. The highest BCUT2D eigenvalue weighted by Crippen LogP contribution is 2.64. The lowest BCUT2D eigenvalue weighted by molar-refractivity contribution is 0.627. The van der Waals surface area contributed by atoms with Gasteiger partial charge >= 0.3 is 0 Å². The van der Waals surface area contributed by atoms with E-state index in [2.05, 4.69) is 85.0 Å². The van der Waals surface area contributed by atoms with E-state index in [-0.39, 0.29) is 5.41 Å². The van der Waals surface area contributed by atoms with Crippen molar-refractivity contribution in [1.29, 1.82) is 0 Å². The number of hydrogen-bond acceptors (Lipinski definition) is 0. The van der Waals surface area contributed by atoms with E-state index in [1.807, 2.05) is 0 Å². The molecule has 0 fully saturated rings. The van der Waals surface area contributed by atoms with E-state index >= 15 is 0 Å². The largest absolute Gasteiger partial charge is 0.0830 e. The summed E-state index contributed by atoms with van der Waals surface area (Å²) in [6.45, 7) is 0. The van der Waals surface area contributed by atoms with E-state index in [0.717, 1.165) is 6.42 Å². The molecule has 0 nitrogen and oxygen atoms in total. The third-order valence-corrected chi connectivity index (χ3v) is 5.90. The van der Waals surface area contributed by atoms with Gasteiger partial charge < -0.3 is 0 Å². The van der Waals surface area contributed by atoms with E-state index in [4.69, 9.17) is 0 Å². The molecule has 0 N–H and O–H groups in total. The molecule has 1 unspecified atom stereocenters. The molecule has 112 valence electrons. The van der Waals surface area contributed by atoms with Crippen molar-refractivity contribution >= 4 is 16.7 Å². The van der Waals surface area contributed by atoms with Gasteiger partial charge in [-0.25, -0.2) is 0 Å². The van der Waals surface area contributed by atoms with Gasteiger partial charge in [0.1, 0.15) is 0 Å². The predicted molar refractivity (Wildman–Crippen MR) is 100 cm³/mol. The van der Waals surface area contributed by atoms with Gasteiger partial charge in [-0.15, -0.1) is 0 Å². The predicted octanol–water partition coefficient (Wildman–Crippen LogP) is 5.80. The Labute approximate surface area is 141 Å². The summed E-state index contributed by atoms with van der Waals surface area (Å²) in [5, 5.41) is 0. The minimum Gasteiger partial charge on any atom is -0.0830 e. The summed E-state index contributed by atoms with van der Waals surface area (Å²) in [4.78, 5) is 0. The van der Waals surface area contributed by atoms with Crippen LogP contribution >= 0.6 is 0 Å². The van der Waals surface area contributed by atoms with Gasteiger partial charge in [-0.3, -0.25) is 0 Å². The Kier molecular flexibility index (Phi) is 2.17. The first-order valence-corrected chi connectivity index (χ1v) is 8.62. The van der Waals surface area contributed by atoms with Crippen LogP contribution in [0.2, 0.25) is 0 Å². The van der Waals surface area contributed by atoms with Crippen molar-refractivity contribution in [3.8, 4) is 0 Å². The Morgan fingerprint density at radius 3 is 2.25 bits per heavy atom. The van der Waals surface area contributed by atoms with Gasteiger partial charge in [-0.2, -0.15) is 0 Å². The molecule has 0 aliphatic heterocycles. The van der Waals surface area contributed by atoms with Crippen LogP contribution in [0.4, 0.5) is 0 Å². The average molecular weight is 304 g/mol. The maximum Gasteiger partial charge on any atom is 0.0438 e. The van der Waals surface area contributed by atoms with Gasteiger partial charge in [0.15, 0.2) is 0 Å². The monoisotopic (exact) mass is 304 g/mol. The molecule has 0 aromatic heterocycles. The third-order valence-electron chi connectivity index (χ3n) is 5.90. The number of allylic oxidation sites excluding steroid dienone is 9.